The van der Waals surface area contributed by atoms with E-state index in [-0.39, 0.29) is 11.9 Å². The van der Waals surface area contributed by atoms with Gasteiger partial charge in [0.25, 0.3) is 0 Å². The number of piperidine rings is 1. The van der Waals surface area contributed by atoms with Crippen LogP contribution in [0.5, 0.6) is 5.88 Å². The minimum Gasteiger partial charge on any atom is -0.492 e. The molecule has 8 heteroatoms. The number of thiazole rings is 1. The molecule has 5 rings (SSSR count). The second kappa shape index (κ2) is 7.59. The van der Waals surface area contributed by atoms with Crippen molar-refractivity contribution in [3.05, 3.63) is 57.6 Å². The van der Waals surface area contributed by atoms with Crippen molar-refractivity contribution < 1.29 is 9.52 Å². The Bertz CT molecular complexity index is 1110. The van der Waals surface area contributed by atoms with E-state index in [1.165, 1.54) is 15.9 Å². The summed E-state index contributed by atoms with van der Waals surface area (Å²) in [7, 11) is 0. The van der Waals surface area contributed by atoms with E-state index in [1.54, 1.807) is 12.3 Å². The molecule has 0 amide bonds. The van der Waals surface area contributed by atoms with E-state index >= 15 is 0 Å². The lowest BCUT2D eigenvalue weighted by atomic mass is 9.95. The minimum absolute atomic E-state index is 0.0174. The van der Waals surface area contributed by atoms with Gasteiger partial charge < -0.3 is 9.52 Å². The van der Waals surface area contributed by atoms with Gasteiger partial charge in [-0.05, 0) is 61.7 Å². The fraction of sp³-hybridized carbons (Fsp3) is 0.333. The van der Waals surface area contributed by atoms with E-state index in [0.717, 1.165) is 46.8 Å². The molecule has 4 heterocycles. The molecule has 4 aromatic rings. The summed E-state index contributed by atoms with van der Waals surface area (Å²) in [6.45, 7) is 4.32. The lowest BCUT2D eigenvalue weighted by molar-refractivity contribution is 0.157. The van der Waals surface area contributed by atoms with E-state index in [0.29, 0.717) is 16.5 Å². The van der Waals surface area contributed by atoms with Crippen LogP contribution in [0.1, 0.15) is 36.2 Å². The summed E-state index contributed by atoms with van der Waals surface area (Å²) >= 11 is 5.01. The number of halogens is 1. The Labute approximate surface area is 180 Å². The highest BCUT2D eigenvalue weighted by molar-refractivity contribution is 9.10. The molecule has 6 nitrogen and oxygen atoms in total. The highest BCUT2D eigenvalue weighted by Crippen LogP contribution is 2.42. The second-order valence-corrected chi connectivity index (χ2v) is 9.49. The summed E-state index contributed by atoms with van der Waals surface area (Å²) in [6.07, 6.45) is 3.92. The van der Waals surface area contributed by atoms with Crippen LogP contribution in [0.4, 0.5) is 0 Å². The molecule has 1 aromatic carbocycles. The molecule has 0 radical (unpaired) electrons. The zero-order valence-corrected chi connectivity index (χ0v) is 18.4. The summed E-state index contributed by atoms with van der Waals surface area (Å²) < 4.78 is 7.96. The summed E-state index contributed by atoms with van der Waals surface area (Å²) in [6, 6.07) is 12.0. The largest absolute Gasteiger partial charge is 0.492 e. The molecule has 1 N–H and O–H groups in total. The van der Waals surface area contributed by atoms with Crippen LogP contribution in [-0.4, -0.2) is 37.7 Å². The van der Waals surface area contributed by atoms with Crippen molar-refractivity contribution in [2.24, 2.45) is 5.92 Å². The predicted octanol–water partition coefficient (Wildman–Crippen LogP) is 5.34. The molecule has 0 aliphatic carbocycles. The number of likely N-dealkylation sites (tertiary alicyclic amines) is 1. The third-order valence-corrected chi connectivity index (χ3v) is 7.16. The van der Waals surface area contributed by atoms with Crippen LogP contribution in [0.25, 0.3) is 16.5 Å². The molecule has 0 spiro atoms. The molecule has 1 aliphatic heterocycles. The molecule has 1 saturated heterocycles. The van der Waals surface area contributed by atoms with Crippen molar-refractivity contribution in [2.75, 3.05) is 13.1 Å². The van der Waals surface area contributed by atoms with Crippen molar-refractivity contribution >= 4 is 32.2 Å². The Hall–Kier alpha value is -2.16. The first-order chi connectivity index (χ1) is 14.1. The quantitative estimate of drug-likeness (QED) is 0.434. The maximum atomic E-state index is 11.1. The molecule has 1 fully saturated rings. The third kappa shape index (κ3) is 3.49. The lowest BCUT2D eigenvalue weighted by Gasteiger charge is -2.36. The summed E-state index contributed by atoms with van der Waals surface area (Å²) in [5.41, 5.74) is 1.16. The fourth-order valence-electron chi connectivity index (χ4n) is 3.90. The number of hydrogen-bond donors (Lipinski definition) is 1. The maximum Gasteiger partial charge on any atom is 0.230 e. The molecule has 29 heavy (non-hydrogen) atoms. The molecule has 150 valence electrons. The number of aromatic hydroxyl groups is 1. The standard InChI is InChI=1S/C21H21BrN4O2S/c1-13-8-10-25(11-9-13)17(14-4-6-15(22)7-5-14)18-20(27)26-21(29-18)23-19(24-26)16-3-2-12-28-16/h2-7,12-13,17,27H,8-11H2,1H3/t17-/m0/s1. The Balaban J connectivity index is 1.57. The van der Waals surface area contributed by atoms with Gasteiger partial charge in [0.05, 0.1) is 17.2 Å². The first-order valence-corrected chi connectivity index (χ1v) is 11.3. The molecule has 1 atom stereocenters. The number of hydrogen-bond acceptors (Lipinski definition) is 6. The molecule has 0 bridgehead atoms. The summed E-state index contributed by atoms with van der Waals surface area (Å²) in [4.78, 5) is 8.58. The van der Waals surface area contributed by atoms with Crippen LogP contribution in [0.2, 0.25) is 0 Å². The Kier molecular flexibility index (Phi) is 4.93. The van der Waals surface area contributed by atoms with Crippen LogP contribution in [-0.2, 0) is 0 Å². The van der Waals surface area contributed by atoms with Crippen molar-refractivity contribution in [2.45, 2.75) is 25.8 Å². The summed E-state index contributed by atoms with van der Waals surface area (Å²) in [5, 5.41) is 15.5. The molecule has 1 aliphatic rings. The topological polar surface area (TPSA) is 66.8 Å². The first-order valence-electron chi connectivity index (χ1n) is 9.72. The molecule has 0 unspecified atom stereocenters. The first kappa shape index (κ1) is 18.8. The monoisotopic (exact) mass is 472 g/mol. The van der Waals surface area contributed by atoms with Gasteiger partial charge in [-0.3, -0.25) is 4.90 Å². The number of aromatic nitrogens is 3. The molecular formula is C21H21BrN4O2S. The van der Waals surface area contributed by atoms with Gasteiger partial charge in [0.2, 0.25) is 16.7 Å². The highest BCUT2D eigenvalue weighted by atomic mass is 79.9. The number of benzene rings is 1. The minimum atomic E-state index is -0.0174. The van der Waals surface area contributed by atoms with Gasteiger partial charge in [0.15, 0.2) is 5.76 Å². The van der Waals surface area contributed by atoms with Crippen molar-refractivity contribution in [3.8, 4) is 17.5 Å². The van der Waals surface area contributed by atoms with Crippen molar-refractivity contribution in [1.29, 1.82) is 0 Å². The molecular weight excluding hydrogens is 452 g/mol. The fourth-order valence-corrected chi connectivity index (χ4v) is 5.28. The summed E-state index contributed by atoms with van der Waals surface area (Å²) in [5.74, 6) is 1.97. The normalized spacial score (nSPS) is 17.2. The third-order valence-electron chi connectivity index (χ3n) is 5.56. The zero-order chi connectivity index (χ0) is 20.0. The van der Waals surface area contributed by atoms with E-state index in [2.05, 4.69) is 62.1 Å². The van der Waals surface area contributed by atoms with Crippen LogP contribution >= 0.6 is 27.3 Å². The van der Waals surface area contributed by atoms with Crippen LogP contribution in [0.15, 0.2) is 51.6 Å². The van der Waals surface area contributed by atoms with E-state index in [1.807, 2.05) is 6.07 Å². The van der Waals surface area contributed by atoms with Crippen LogP contribution < -0.4 is 0 Å². The van der Waals surface area contributed by atoms with Gasteiger partial charge in [-0.15, -0.1) is 5.10 Å². The van der Waals surface area contributed by atoms with Crippen molar-refractivity contribution in [3.63, 3.8) is 0 Å². The Morgan fingerprint density at radius 3 is 2.62 bits per heavy atom. The molecule has 3 aromatic heterocycles. The van der Waals surface area contributed by atoms with Gasteiger partial charge in [0.1, 0.15) is 0 Å². The van der Waals surface area contributed by atoms with Gasteiger partial charge in [-0.1, -0.05) is 46.3 Å². The van der Waals surface area contributed by atoms with Crippen molar-refractivity contribution in [1.82, 2.24) is 19.5 Å². The van der Waals surface area contributed by atoms with Crippen LogP contribution in [0, 0.1) is 5.92 Å². The highest BCUT2D eigenvalue weighted by Gasteiger charge is 2.31. The van der Waals surface area contributed by atoms with Gasteiger partial charge >= 0.3 is 0 Å². The number of furan rings is 1. The Morgan fingerprint density at radius 2 is 1.97 bits per heavy atom. The van der Waals surface area contributed by atoms with E-state index < -0.39 is 0 Å². The second-order valence-electron chi connectivity index (χ2n) is 7.57. The number of nitrogens with zero attached hydrogens (tertiary/aromatic N) is 4. The number of fused-ring (bicyclic) bond motifs is 1. The number of rotatable bonds is 4. The average Bonchev–Trinajstić information content (AvgIpc) is 3.44. The predicted molar refractivity (Wildman–Crippen MR) is 116 cm³/mol. The lowest BCUT2D eigenvalue weighted by Crippen LogP contribution is -2.36. The van der Waals surface area contributed by atoms with Crippen LogP contribution in [0.3, 0.4) is 0 Å². The maximum absolute atomic E-state index is 11.1. The smallest absolute Gasteiger partial charge is 0.230 e. The van der Waals surface area contributed by atoms with E-state index in [9.17, 15) is 5.11 Å². The Morgan fingerprint density at radius 1 is 1.21 bits per heavy atom. The average molecular weight is 473 g/mol. The van der Waals surface area contributed by atoms with Gasteiger partial charge in [-0.2, -0.15) is 9.50 Å². The van der Waals surface area contributed by atoms with Gasteiger partial charge in [0, 0.05) is 4.47 Å². The van der Waals surface area contributed by atoms with Gasteiger partial charge in [-0.25, -0.2) is 0 Å². The SMILES string of the molecule is CC1CCN([C@@H](c2ccc(Br)cc2)c2sc3nc(-c4ccco4)nn3c2O)CC1. The molecule has 0 saturated carbocycles. The zero-order valence-electron chi connectivity index (χ0n) is 16.0. The van der Waals surface area contributed by atoms with E-state index in [4.69, 9.17) is 4.42 Å².